The SMILES string of the molecule is CC(=O)Nc1cc(Nc2nccc(OC3CCN(C(=O)OC(C)(C)C)CC3)n2)cc(-c2cnc(C3(O)CCC3)s2)c1. The molecule has 3 aromatic rings. The highest BCUT2D eigenvalue weighted by Crippen LogP contribution is 2.44. The number of nitrogens with one attached hydrogen (secondary N) is 2. The van der Waals surface area contributed by atoms with E-state index in [-0.39, 0.29) is 18.1 Å². The number of rotatable bonds is 7. The lowest BCUT2D eigenvalue weighted by Gasteiger charge is -2.34. The molecule has 1 aliphatic carbocycles. The number of piperidine rings is 1. The van der Waals surface area contributed by atoms with Gasteiger partial charge in [0.2, 0.25) is 17.7 Å². The first kappa shape index (κ1) is 28.7. The van der Waals surface area contributed by atoms with Crippen molar-refractivity contribution in [1.29, 1.82) is 0 Å². The Balaban J connectivity index is 1.27. The number of nitrogens with zero attached hydrogens (tertiary/aromatic N) is 4. The fourth-order valence-electron chi connectivity index (χ4n) is 4.72. The van der Waals surface area contributed by atoms with E-state index in [0.29, 0.717) is 54.1 Å². The van der Waals surface area contributed by atoms with E-state index in [2.05, 4.69) is 25.6 Å². The van der Waals surface area contributed by atoms with Gasteiger partial charge < -0.3 is 30.1 Å². The van der Waals surface area contributed by atoms with Crippen LogP contribution >= 0.6 is 11.3 Å². The molecule has 0 radical (unpaired) electrons. The number of likely N-dealkylation sites (tertiary alicyclic amines) is 1. The molecule has 2 aromatic heterocycles. The fourth-order valence-corrected chi connectivity index (χ4v) is 5.77. The molecule has 41 heavy (non-hydrogen) atoms. The third-order valence-electron chi connectivity index (χ3n) is 6.89. The highest BCUT2D eigenvalue weighted by Gasteiger charge is 2.39. The van der Waals surface area contributed by atoms with Gasteiger partial charge in [0.15, 0.2) is 0 Å². The van der Waals surface area contributed by atoms with Crippen LogP contribution < -0.4 is 15.4 Å². The molecule has 1 saturated heterocycles. The van der Waals surface area contributed by atoms with E-state index in [4.69, 9.17) is 9.47 Å². The van der Waals surface area contributed by atoms with Gasteiger partial charge in [0.05, 0.1) is 4.88 Å². The first-order valence-corrected chi connectivity index (χ1v) is 14.6. The van der Waals surface area contributed by atoms with Gasteiger partial charge in [-0.3, -0.25) is 4.79 Å². The maximum Gasteiger partial charge on any atom is 0.410 e. The zero-order valence-corrected chi connectivity index (χ0v) is 24.6. The van der Waals surface area contributed by atoms with E-state index in [9.17, 15) is 14.7 Å². The average Bonchev–Trinajstić information content (AvgIpc) is 3.37. The maximum absolute atomic E-state index is 12.4. The Hall–Kier alpha value is -3.77. The van der Waals surface area contributed by atoms with E-state index < -0.39 is 11.2 Å². The zero-order chi connectivity index (χ0) is 29.2. The smallest absolute Gasteiger partial charge is 0.410 e. The molecule has 2 amide bonds. The van der Waals surface area contributed by atoms with E-state index in [0.717, 1.165) is 29.7 Å². The van der Waals surface area contributed by atoms with Gasteiger partial charge in [0.1, 0.15) is 22.3 Å². The van der Waals surface area contributed by atoms with Crippen molar-refractivity contribution in [2.75, 3.05) is 23.7 Å². The number of benzene rings is 1. The second kappa shape index (κ2) is 11.6. The predicted molar refractivity (Wildman–Crippen MR) is 156 cm³/mol. The van der Waals surface area contributed by atoms with Crippen LogP contribution in [-0.2, 0) is 15.1 Å². The maximum atomic E-state index is 12.4. The van der Waals surface area contributed by atoms with Gasteiger partial charge >= 0.3 is 6.09 Å². The molecule has 2 fully saturated rings. The Kier molecular flexibility index (Phi) is 8.14. The van der Waals surface area contributed by atoms with Crippen molar-refractivity contribution in [2.45, 2.75) is 77.1 Å². The molecule has 0 spiro atoms. The zero-order valence-electron chi connectivity index (χ0n) is 23.8. The van der Waals surface area contributed by atoms with Crippen LogP contribution in [0.1, 0.15) is 64.8 Å². The van der Waals surface area contributed by atoms with Gasteiger partial charge in [-0.2, -0.15) is 4.98 Å². The Morgan fingerprint density at radius 3 is 2.51 bits per heavy atom. The summed E-state index contributed by atoms with van der Waals surface area (Å²) in [5, 5.41) is 17.5. The number of carbonyl (C=O) groups is 2. The average molecular weight is 581 g/mol. The van der Waals surface area contributed by atoms with Gasteiger partial charge in [-0.1, -0.05) is 0 Å². The Morgan fingerprint density at radius 2 is 1.85 bits per heavy atom. The van der Waals surface area contributed by atoms with E-state index >= 15 is 0 Å². The molecule has 12 heteroatoms. The topological polar surface area (TPSA) is 139 Å². The Bertz CT molecular complexity index is 1410. The quantitative estimate of drug-likeness (QED) is 0.333. The molecular weight excluding hydrogens is 544 g/mol. The van der Waals surface area contributed by atoms with Crippen molar-refractivity contribution in [3.8, 4) is 16.3 Å². The minimum absolute atomic E-state index is 0.0860. The number of hydrogen-bond acceptors (Lipinski definition) is 10. The highest BCUT2D eigenvalue weighted by molar-refractivity contribution is 7.15. The van der Waals surface area contributed by atoms with Crippen LogP contribution in [0.2, 0.25) is 0 Å². The van der Waals surface area contributed by atoms with Crippen LogP contribution in [0.25, 0.3) is 10.4 Å². The van der Waals surface area contributed by atoms with Gasteiger partial charge in [-0.05, 0) is 63.8 Å². The molecule has 11 nitrogen and oxygen atoms in total. The van der Waals surface area contributed by atoms with E-state index in [1.165, 1.54) is 18.3 Å². The Morgan fingerprint density at radius 1 is 1.12 bits per heavy atom. The third kappa shape index (κ3) is 7.31. The normalized spacial score (nSPS) is 17.0. The summed E-state index contributed by atoms with van der Waals surface area (Å²) in [6.45, 7) is 8.12. The number of anilines is 3. The summed E-state index contributed by atoms with van der Waals surface area (Å²) < 4.78 is 11.6. The first-order valence-electron chi connectivity index (χ1n) is 13.8. The first-order chi connectivity index (χ1) is 19.5. The molecule has 0 bridgehead atoms. The number of hydrogen-bond donors (Lipinski definition) is 3. The summed E-state index contributed by atoms with van der Waals surface area (Å²) >= 11 is 1.45. The van der Waals surface area contributed by atoms with Gasteiger partial charge in [0, 0.05) is 62.7 Å². The lowest BCUT2D eigenvalue weighted by Crippen LogP contribution is -2.44. The number of aromatic nitrogens is 3. The molecule has 3 N–H and O–H groups in total. The summed E-state index contributed by atoms with van der Waals surface area (Å²) in [5.41, 5.74) is 0.763. The van der Waals surface area contributed by atoms with Gasteiger partial charge in [0.25, 0.3) is 0 Å². The number of aliphatic hydroxyl groups is 1. The standard InChI is InChI=1S/C29H36N6O5S/c1-18(36)32-20-14-19(23-17-31-25(41-23)29(38)9-5-10-29)15-21(16-20)33-26-30-11-6-24(34-26)39-22-7-12-35(13-8-22)27(37)40-28(2,3)4/h6,11,14-17,22,38H,5,7-10,12-13H2,1-4H3,(H,32,36)(H,30,33,34). The largest absolute Gasteiger partial charge is 0.474 e. The molecule has 218 valence electrons. The molecule has 0 unspecified atom stereocenters. The lowest BCUT2D eigenvalue weighted by atomic mass is 9.81. The highest BCUT2D eigenvalue weighted by atomic mass is 32.1. The lowest BCUT2D eigenvalue weighted by molar-refractivity contribution is -0.114. The van der Waals surface area contributed by atoms with E-state index in [1.807, 2.05) is 32.9 Å². The Labute approximate surface area is 243 Å². The summed E-state index contributed by atoms with van der Waals surface area (Å²) in [7, 11) is 0. The predicted octanol–water partition coefficient (Wildman–Crippen LogP) is 5.45. The summed E-state index contributed by atoms with van der Waals surface area (Å²) in [5.74, 6) is 0.580. The van der Waals surface area contributed by atoms with Crippen molar-refractivity contribution in [3.63, 3.8) is 0 Å². The molecule has 5 rings (SSSR count). The van der Waals surface area contributed by atoms with Crippen molar-refractivity contribution in [3.05, 3.63) is 41.7 Å². The molecule has 3 heterocycles. The fraction of sp³-hybridized carbons (Fsp3) is 0.483. The molecule has 1 aliphatic heterocycles. The number of carbonyl (C=O) groups excluding carboxylic acids is 2. The van der Waals surface area contributed by atoms with Crippen molar-refractivity contribution >= 4 is 40.7 Å². The molecule has 2 aliphatic rings. The molecule has 0 atom stereocenters. The van der Waals surface area contributed by atoms with Crippen LogP contribution in [0.15, 0.2) is 36.7 Å². The second-order valence-electron chi connectivity index (χ2n) is 11.5. The molecule has 1 aromatic carbocycles. The summed E-state index contributed by atoms with van der Waals surface area (Å²) in [6.07, 6.45) is 6.75. The minimum atomic E-state index is -0.833. The summed E-state index contributed by atoms with van der Waals surface area (Å²) in [4.78, 5) is 40.1. The molecular formula is C29H36N6O5S. The van der Waals surface area contributed by atoms with Gasteiger partial charge in [-0.25, -0.2) is 14.8 Å². The van der Waals surface area contributed by atoms with Crippen molar-refractivity contribution < 1.29 is 24.2 Å². The van der Waals surface area contributed by atoms with Crippen LogP contribution in [0.3, 0.4) is 0 Å². The van der Waals surface area contributed by atoms with Crippen LogP contribution in [0, 0.1) is 0 Å². The van der Waals surface area contributed by atoms with Crippen molar-refractivity contribution in [1.82, 2.24) is 19.9 Å². The monoisotopic (exact) mass is 580 g/mol. The summed E-state index contributed by atoms with van der Waals surface area (Å²) in [6, 6.07) is 7.31. The van der Waals surface area contributed by atoms with Crippen LogP contribution in [-0.4, -0.2) is 61.8 Å². The van der Waals surface area contributed by atoms with E-state index in [1.54, 1.807) is 29.4 Å². The number of amides is 2. The minimum Gasteiger partial charge on any atom is -0.474 e. The van der Waals surface area contributed by atoms with Crippen LogP contribution in [0.5, 0.6) is 5.88 Å². The van der Waals surface area contributed by atoms with Gasteiger partial charge in [-0.15, -0.1) is 11.3 Å². The number of ether oxygens (including phenoxy) is 2. The van der Waals surface area contributed by atoms with Crippen molar-refractivity contribution in [2.24, 2.45) is 0 Å². The third-order valence-corrected chi connectivity index (χ3v) is 8.13. The second-order valence-corrected chi connectivity index (χ2v) is 12.6. The number of thiazole rings is 1. The van der Waals surface area contributed by atoms with Crippen LogP contribution in [0.4, 0.5) is 22.1 Å². The molecule has 1 saturated carbocycles.